The summed E-state index contributed by atoms with van der Waals surface area (Å²) in [6, 6.07) is 0. The van der Waals surface area contributed by atoms with Gasteiger partial charge in [0.05, 0.1) is 5.60 Å². The molecule has 0 atom stereocenters. The minimum atomic E-state index is -0.978. The molecule has 0 saturated heterocycles. The quantitative estimate of drug-likeness (QED) is 0.391. The lowest BCUT2D eigenvalue weighted by atomic mass is 9.96. The SMILES string of the molecule is C=C/C(=C\C(=C)C=O)C(C)(C)O. The number of carbonyl (C=O) groups excluding carboxylic acids is 1. The smallest absolute Gasteiger partial charge is 0.149 e. The third kappa shape index (κ3) is 3.30. The number of hydrogen-bond donors (Lipinski definition) is 1. The van der Waals surface area contributed by atoms with E-state index >= 15 is 0 Å². The summed E-state index contributed by atoms with van der Waals surface area (Å²) in [4.78, 5) is 10.2. The van der Waals surface area contributed by atoms with Gasteiger partial charge in [0, 0.05) is 5.57 Å². The first-order valence-electron chi connectivity index (χ1n) is 3.63. The van der Waals surface area contributed by atoms with Crippen molar-refractivity contribution in [2.75, 3.05) is 0 Å². The number of aldehydes is 1. The van der Waals surface area contributed by atoms with E-state index in [-0.39, 0.29) is 0 Å². The Hall–Kier alpha value is -1.15. The second kappa shape index (κ2) is 4.02. The predicted molar refractivity (Wildman–Crippen MR) is 49.8 cm³/mol. The Bertz CT molecular complexity index is 229. The topological polar surface area (TPSA) is 37.3 Å². The predicted octanol–water partition coefficient (Wildman–Crippen LogP) is 1.62. The highest BCUT2D eigenvalue weighted by atomic mass is 16.3. The van der Waals surface area contributed by atoms with E-state index in [1.54, 1.807) is 13.8 Å². The van der Waals surface area contributed by atoms with Gasteiger partial charge in [-0.1, -0.05) is 19.2 Å². The van der Waals surface area contributed by atoms with E-state index in [2.05, 4.69) is 13.2 Å². The molecule has 12 heavy (non-hydrogen) atoms. The van der Waals surface area contributed by atoms with Gasteiger partial charge in [-0.05, 0) is 25.5 Å². The molecule has 66 valence electrons. The summed E-state index contributed by atoms with van der Waals surface area (Å²) in [5, 5.41) is 9.53. The summed E-state index contributed by atoms with van der Waals surface area (Å²) in [5.41, 5.74) is -0.0696. The van der Waals surface area contributed by atoms with E-state index in [0.29, 0.717) is 17.4 Å². The molecule has 0 spiro atoms. The maximum absolute atomic E-state index is 10.2. The largest absolute Gasteiger partial charge is 0.386 e. The molecule has 1 N–H and O–H groups in total. The van der Waals surface area contributed by atoms with Crippen molar-refractivity contribution in [2.45, 2.75) is 19.4 Å². The molecule has 0 bridgehead atoms. The van der Waals surface area contributed by atoms with E-state index in [4.69, 9.17) is 0 Å². The van der Waals surface area contributed by atoms with Crippen molar-refractivity contribution < 1.29 is 9.90 Å². The molecule has 0 amide bonds. The van der Waals surface area contributed by atoms with Crippen LogP contribution < -0.4 is 0 Å². The molecule has 0 radical (unpaired) electrons. The normalized spacial score (nSPS) is 12.4. The summed E-state index contributed by atoms with van der Waals surface area (Å²) < 4.78 is 0. The molecule has 0 aromatic rings. The van der Waals surface area contributed by atoms with Gasteiger partial charge in [-0.15, -0.1) is 0 Å². The lowest BCUT2D eigenvalue weighted by Crippen LogP contribution is -2.20. The van der Waals surface area contributed by atoms with Crippen LogP contribution in [0.3, 0.4) is 0 Å². The van der Waals surface area contributed by atoms with Crippen molar-refractivity contribution >= 4 is 6.29 Å². The summed E-state index contributed by atoms with van der Waals surface area (Å²) >= 11 is 0. The molecule has 0 heterocycles. The molecule has 0 aliphatic heterocycles. The zero-order valence-electron chi connectivity index (χ0n) is 7.50. The van der Waals surface area contributed by atoms with E-state index in [0.717, 1.165) is 0 Å². The Kier molecular flexibility index (Phi) is 3.64. The summed E-state index contributed by atoms with van der Waals surface area (Å²) in [7, 11) is 0. The van der Waals surface area contributed by atoms with E-state index in [1.807, 2.05) is 0 Å². The van der Waals surface area contributed by atoms with Crippen molar-refractivity contribution in [2.24, 2.45) is 0 Å². The molecule has 0 rings (SSSR count). The van der Waals surface area contributed by atoms with Gasteiger partial charge in [-0.25, -0.2) is 0 Å². The zero-order chi connectivity index (χ0) is 9.78. The average Bonchev–Trinajstić information content (AvgIpc) is 1.97. The van der Waals surface area contributed by atoms with Gasteiger partial charge < -0.3 is 5.11 Å². The fourth-order valence-electron chi connectivity index (χ4n) is 0.719. The highest BCUT2D eigenvalue weighted by Gasteiger charge is 2.16. The van der Waals surface area contributed by atoms with Crippen molar-refractivity contribution in [3.8, 4) is 0 Å². The Morgan fingerprint density at radius 1 is 1.50 bits per heavy atom. The van der Waals surface area contributed by atoms with Gasteiger partial charge in [0.25, 0.3) is 0 Å². The third-order valence-electron chi connectivity index (χ3n) is 1.42. The van der Waals surface area contributed by atoms with Crippen molar-refractivity contribution in [3.63, 3.8) is 0 Å². The molecule has 2 nitrogen and oxygen atoms in total. The third-order valence-corrected chi connectivity index (χ3v) is 1.42. The molecule has 0 aromatic carbocycles. The number of allylic oxidation sites excluding steroid dienone is 2. The Morgan fingerprint density at radius 2 is 2.00 bits per heavy atom. The molecule has 0 fully saturated rings. The molecule has 0 aliphatic carbocycles. The zero-order valence-corrected chi connectivity index (χ0v) is 7.50. The minimum Gasteiger partial charge on any atom is -0.386 e. The minimum absolute atomic E-state index is 0.326. The highest BCUT2D eigenvalue weighted by molar-refractivity contribution is 5.77. The summed E-state index contributed by atoms with van der Waals surface area (Å²) in [6.45, 7) is 10.2. The van der Waals surface area contributed by atoms with Crippen LogP contribution in [0.15, 0.2) is 36.5 Å². The van der Waals surface area contributed by atoms with Gasteiger partial charge >= 0.3 is 0 Å². The maximum Gasteiger partial charge on any atom is 0.149 e. The fraction of sp³-hybridized carbons (Fsp3) is 0.300. The second-order valence-corrected chi connectivity index (χ2v) is 3.06. The van der Waals surface area contributed by atoms with Gasteiger partial charge in [0.2, 0.25) is 0 Å². The molecular formula is C10H14O2. The van der Waals surface area contributed by atoms with Crippen LogP contribution in [0.25, 0.3) is 0 Å². The number of rotatable bonds is 4. The van der Waals surface area contributed by atoms with Crippen LogP contribution in [0, 0.1) is 0 Å². The molecule has 0 unspecified atom stereocenters. The van der Waals surface area contributed by atoms with Crippen LogP contribution in [-0.4, -0.2) is 17.0 Å². The monoisotopic (exact) mass is 166 g/mol. The van der Waals surface area contributed by atoms with Crippen molar-refractivity contribution in [1.82, 2.24) is 0 Å². The van der Waals surface area contributed by atoms with Crippen LogP contribution >= 0.6 is 0 Å². The van der Waals surface area contributed by atoms with Crippen LogP contribution in [0.5, 0.6) is 0 Å². The molecular weight excluding hydrogens is 152 g/mol. The van der Waals surface area contributed by atoms with Crippen molar-refractivity contribution in [3.05, 3.63) is 36.5 Å². The van der Waals surface area contributed by atoms with Gasteiger partial charge in [0.15, 0.2) is 0 Å². The number of carbonyl (C=O) groups is 1. The van der Waals surface area contributed by atoms with Crippen molar-refractivity contribution in [1.29, 1.82) is 0 Å². The van der Waals surface area contributed by atoms with E-state index in [9.17, 15) is 9.90 Å². The number of aliphatic hydroxyl groups is 1. The lowest BCUT2D eigenvalue weighted by Gasteiger charge is -2.18. The van der Waals surface area contributed by atoms with Crippen LogP contribution in [0.2, 0.25) is 0 Å². The fourth-order valence-corrected chi connectivity index (χ4v) is 0.719. The lowest BCUT2D eigenvalue weighted by molar-refractivity contribution is -0.104. The first-order chi connectivity index (χ1) is 5.41. The summed E-state index contributed by atoms with van der Waals surface area (Å²) in [5.74, 6) is 0. The molecule has 0 aromatic heterocycles. The second-order valence-electron chi connectivity index (χ2n) is 3.06. The molecule has 0 saturated carbocycles. The van der Waals surface area contributed by atoms with Gasteiger partial charge in [-0.3, -0.25) is 4.79 Å². The van der Waals surface area contributed by atoms with Crippen LogP contribution in [-0.2, 0) is 4.79 Å². The Balaban J connectivity index is 4.78. The average molecular weight is 166 g/mol. The standard InChI is InChI=1S/C10H14O2/c1-5-9(10(3,4)12)6-8(2)7-11/h5-7,12H,1-2H2,3-4H3/b9-6+. The van der Waals surface area contributed by atoms with E-state index < -0.39 is 5.60 Å². The maximum atomic E-state index is 10.2. The molecule has 0 aliphatic rings. The summed E-state index contributed by atoms with van der Waals surface area (Å²) in [6.07, 6.45) is 3.66. The highest BCUT2D eigenvalue weighted by Crippen LogP contribution is 2.17. The Morgan fingerprint density at radius 3 is 2.25 bits per heavy atom. The van der Waals surface area contributed by atoms with Crippen LogP contribution in [0.4, 0.5) is 0 Å². The van der Waals surface area contributed by atoms with Gasteiger partial charge in [-0.2, -0.15) is 0 Å². The first-order valence-corrected chi connectivity index (χ1v) is 3.63. The molecule has 2 heteroatoms. The van der Waals surface area contributed by atoms with Gasteiger partial charge in [0.1, 0.15) is 6.29 Å². The van der Waals surface area contributed by atoms with E-state index in [1.165, 1.54) is 12.2 Å². The van der Waals surface area contributed by atoms with Crippen LogP contribution in [0.1, 0.15) is 13.8 Å². The first kappa shape index (κ1) is 10.8. The Labute approximate surface area is 72.9 Å². The number of hydrogen-bond acceptors (Lipinski definition) is 2.